The molecule has 2 amide bonds. The lowest BCUT2D eigenvalue weighted by molar-refractivity contribution is -0.124. The van der Waals surface area contributed by atoms with Crippen molar-refractivity contribution in [3.8, 4) is 0 Å². The van der Waals surface area contributed by atoms with E-state index in [4.69, 9.17) is 0 Å². The summed E-state index contributed by atoms with van der Waals surface area (Å²) in [5, 5.41) is 2.76. The first-order chi connectivity index (χ1) is 11.5. The zero-order valence-corrected chi connectivity index (χ0v) is 14.5. The number of anilines is 1. The summed E-state index contributed by atoms with van der Waals surface area (Å²) in [5.74, 6) is -0.614. The molecule has 0 saturated heterocycles. The van der Waals surface area contributed by atoms with Gasteiger partial charge in [-0.1, -0.05) is 28.1 Å². The smallest absolute Gasteiger partial charge is 0.240 e. The van der Waals surface area contributed by atoms with Crippen LogP contribution in [-0.4, -0.2) is 18.4 Å². The Morgan fingerprint density at radius 3 is 2.67 bits per heavy atom. The first kappa shape index (κ1) is 16.6. The quantitative estimate of drug-likeness (QED) is 0.871. The Morgan fingerprint density at radius 2 is 1.92 bits per heavy atom. The fraction of sp³-hybridized carbons (Fsp3) is 0.222. The molecule has 0 fully saturated rings. The van der Waals surface area contributed by atoms with Crippen molar-refractivity contribution < 1.29 is 14.0 Å². The molecule has 0 saturated carbocycles. The summed E-state index contributed by atoms with van der Waals surface area (Å²) >= 11 is 3.42. The third kappa shape index (κ3) is 3.82. The number of amides is 2. The van der Waals surface area contributed by atoms with Crippen LogP contribution in [0.4, 0.5) is 10.1 Å². The topological polar surface area (TPSA) is 49.4 Å². The van der Waals surface area contributed by atoms with Crippen LogP contribution in [0, 0.1) is 5.82 Å². The predicted octanol–water partition coefficient (Wildman–Crippen LogP) is 3.18. The fourth-order valence-electron chi connectivity index (χ4n) is 2.70. The van der Waals surface area contributed by atoms with Crippen LogP contribution < -0.4 is 10.2 Å². The highest BCUT2D eigenvalue weighted by Crippen LogP contribution is 2.30. The molecule has 2 aromatic carbocycles. The summed E-state index contributed by atoms with van der Waals surface area (Å²) in [6, 6.07) is 11.6. The lowest BCUT2D eigenvalue weighted by atomic mass is 10.0. The zero-order valence-electron chi connectivity index (χ0n) is 12.9. The minimum atomic E-state index is -0.313. The maximum atomic E-state index is 12.9. The molecule has 1 N–H and O–H groups in total. The molecule has 0 spiro atoms. The first-order valence-electron chi connectivity index (χ1n) is 7.63. The van der Waals surface area contributed by atoms with Crippen LogP contribution in [-0.2, 0) is 22.6 Å². The standard InChI is InChI=1S/C18H16BrFN2O2/c19-14-4-7-16-13(9-14)3-8-18(24)22(16)11-17(23)21-10-12-1-5-15(20)6-2-12/h1-2,4-7,9H,3,8,10-11H2,(H,21,23). The number of aryl methyl sites for hydroxylation is 1. The summed E-state index contributed by atoms with van der Waals surface area (Å²) in [6.07, 6.45) is 1.08. The number of carbonyl (C=O) groups is 2. The van der Waals surface area contributed by atoms with Crippen molar-refractivity contribution in [1.82, 2.24) is 5.32 Å². The van der Waals surface area contributed by atoms with Gasteiger partial charge in [-0.2, -0.15) is 0 Å². The van der Waals surface area contributed by atoms with Crippen LogP contribution in [0.15, 0.2) is 46.9 Å². The number of hydrogen-bond acceptors (Lipinski definition) is 2. The van der Waals surface area contributed by atoms with Crippen LogP contribution in [0.5, 0.6) is 0 Å². The highest BCUT2D eigenvalue weighted by Gasteiger charge is 2.25. The maximum Gasteiger partial charge on any atom is 0.240 e. The van der Waals surface area contributed by atoms with E-state index in [-0.39, 0.29) is 24.2 Å². The largest absolute Gasteiger partial charge is 0.350 e. The molecule has 2 aromatic rings. The molecule has 0 atom stereocenters. The van der Waals surface area contributed by atoms with E-state index in [0.717, 1.165) is 21.3 Å². The molecule has 24 heavy (non-hydrogen) atoms. The van der Waals surface area contributed by atoms with Gasteiger partial charge in [0.25, 0.3) is 0 Å². The number of carbonyl (C=O) groups excluding carboxylic acids is 2. The minimum absolute atomic E-state index is 0.0192. The summed E-state index contributed by atoms with van der Waals surface area (Å²) < 4.78 is 13.8. The highest BCUT2D eigenvalue weighted by molar-refractivity contribution is 9.10. The van der Waals surface area contributed by atoms with Gasteiger partial charge in [-0.3, -0.25) is 9.59 Å². The van der Waals surface area contributed by atoms with Crippen molar-refractivity contribution in [2.24, 2.45) is 0 Å². The van der Waals surface area contributed by atoms with E-state index in [0.29, 0.717) is 19.4 Å². The Labute approximate surface area is 147 Å². The maximum absolute atomic E-state index is 12.9. The van der Waals surface area contributed by atoms with Crippen molar-refractivity contribution in [2.75, 3.05) is 11.4 Å². The molecule has 1 heterocycles. The number of hydrogen-bond donors (Lipinski definition) is 1. The Bertz CT molecular complexity index is 777. The van der Waals surface area contributed by atoms with Gasteiger partial charge in [-0.05, 0) is 47.9 Å². The summed E-state index contributed by atoms with van der Waals surface area (Å²) in [4.78, 5) is 25.9. The average molecular weight is 391 g/mol. The minimum Gasteiger partial charge on any atom is -0.350 e. The zero-order chi connectivity index (χ0) is 17.1. The van der Waals surface area contributed by atoms with Crippen molar-refractivity contribution in [3.63, 3.8) is 0 Å². The third-order valence-electron chi connectivity index (χ3n) is 3.95. The summed E-state index contributed by atoms with van der Waals surface area (Å²) in [7, 11) is 0. The number of nitrogens with zero attached hydrogens (tertiary/aromatic N) is 1. The van der Waals surface area contributed by atoms with E-state index in [9.17, 15) is 14.0 Å². The fourth-order valence-corrected chi connectivity index (χ4v) is 3.11. The SMILES string of the molecule is O=C(CN1C(=O)CCc2cc(Br)ccc21)NCc1ccc(F)cc1. The molecule has 0 aromatic heterocycles. The van der Waals surface area contributed by atoms with E-state index < -0.39 is 0 Å². The average Bonchev–Trinajstić information content (AvgIpc) is 2.57. The lowest BCUT2D eigenvalue weighted by Crippen LogP contribution is -2.42. The molecule has 0 unspecified atom stereocenters. The molecule has 3 rings (SSSR count). The van der Waals surface area contributed by atoms with Crippen molar-refractivity contribution in [1.29, 1.82) is 0 Å². The molecule has 1 aliphatic rings. The molecular formula is C18H16BrFN2O2. The molecule has 0 radical (unpaired) electrons. The van der Waals surface area contributed by atoms with Crippen LogP contribution >= 0.6 is 15.9 Å². The highest BCUT2D eigenvalue weighted by atomic mass is 79.9. The second-order valence-electron chi connectivity index (χ2n) is 5.66. The van der Waals surface area contributed by atoms with Gasteiger partial charge in [-0.15, -0.1) is 0 Å². The van der Waals surface area contributed by atoms with Gasteiger partial charge in [0.15, 0.2) is 0 Å². The molecule has 6 heteroatoms. The normalized spacial score (nSPS) is 13.6. The monoisotopic (exact) mass is 390 g/mol. The van der Waals surface area contributed by atoms with Gasteiger partial charge < -0.3 is 10.2 Å². The van der Waals surface area contributed by atoms with Gasteiger partial charge in [0.1, 0.15) is 12.4 Å². The molecule has 4 nitrogen and oxygen atoms in total. The molecule has 0 bridgehead atoms. The van der Waals surface area contributed by atoms with Gasteiger partial charge in [0.05, 0.1) is 0 Å². The van der Waals surface area contributed by atoms with E-state index in [2.05, 4.69) is 21.2 Å². The van der Waals surface area contributed by atoms with E-state index in [1.54, 1.807) is 12.1 Å². The van der Waals surface area contributed by atoms with E-state index in [1.165, 1.54) is 17.0 Å². The Morgan fingerprint density at radius 1 is 1.17 bits per heavy atom. The number of rotatable bonds is 4. The third-order valence-corrected chi connectivity index (χ3v) is 4.44. The Kier molecular flexibility index (Phi) is 4.94. The van der Waals surface area contributed by atoms with Gasteiger partial charge in [0, 0.05) is 23.1 Å². The second kappa shape index (κ2) is 7.13. The second-order valence-corrected chi connectivity index (χ2v) is 6.57. The summed E-state index contributed by atoms with van der Waals surface area (Å²) in [5.41, 5.74) is 2.64. The van der Waals surface area contributed by atoms with Crippen LogP contribution in [0.1, 0.15) is 17.5 Å². The summed E-state index contributed by atoms with van der Waals surface area (Å²) in [6.45, 7) is 0.281. The van der Waals surface area contributed by atoms with Crippen molar-refractivity contribution >= 4 is 33.4 Å². The number of fused-ring (bicyclic) bond motifs is 1. The Hall–Kier alpha value is -2.21. The molecule has 124 valence electrons. The molecule has 0 aliphatic carbocycles. The first-order valence-corrected chi connectivity index (χ1v) is 8.42. The van der Waals surface area contributed by atoms with Crippen LogP contribution in [0.25, 0.3) is 0 Å². The lowest BCUT2D eigenvalue weighted by Gasteiger charge is -2.29. The Balaban J connectivity index is 1.65. The van der Waals surface area contributed by atoms with E-state index >= 15 is 0 Å². The number of halogens is 2. The van der Waals surface area contributed by atoms with Gasteiger partial charge >= 0.3 is 0 Å². The van der Waals surface area contributed by atoms with Crippen molar-refractivity contribution in [2.45, 2.75) is 19.4 Å². The van der Waals surface area contributed by atoms with Crippen LogP contribution in [0.2, 0.25) is 0 Å². The number of benzene rings is 2. The van der Waals surface area contributed by atoms with Crippen LogP contribution in [0.3, 0.4) is 0 Å². The number of nitrogens with one attached hydrogen (secondary N) is 1. The molecular weight excluding hydrogens is 375 g/mol. The van der Waals surface area contributed by atoms with Gasteiger partial charge in [-0.25, -0.2) is 4.39 Å². The predicted molar refractivity (Wildman–Crippen MR) is 93.1 cm³/mol. The molecule has 1 aliphatic heterocycles. The van der Waals surface area contributed by atoms with E-state index in [1.807, 2.05) is 18.2 Å². The van der Waals surface area contributed by atoms with Crippen molar-refractivity contribution in [3.05, 3.63) is 63.9 Å². The van der Waals surface area contributed by atoms with Gasteiger partial charge in [0.2, 0.25) is 11.8 Å².